The van der Waals surface area contributed by atoms with E-state index in [-0.39, 0.29) is 6.61 Å². The monoisotopic (exact) mass is 280 g/mol. The first-order chi connectivity index (χ1) is 8.80. The Morgan fingerprint density at radius 2 is 2.11 bits per heavy atom. The van der Waals surface area contributed by atoms with Crippen LogP contribution in [0.1, 0.15) is 22.8 Å². The maximum Gasteiger partial charge on any atom is 0.573 e. The zero-order valence-electron chi connectivity index (χ0n) is 9.84. The first kappa shape index (κ1) is 15.0. The number of hydrogen-bond acceptors (Lipinski definition) is 5. The first-order valence-corrected chi connectivity index (χ1v) is 5.17. The van der Waals surface area contributed by atoms with Crippen molar-refractivity contribution in [1.29, 1.82) is 0 Å². The van der Waals surface area contributed by atoms with Crippen LogP contribution in [0, 0.1) is 0 Å². The molecule has 1 aromatic rings. The SMILES string of the molecule is CCOC(=O)c1c[nH]c(=O)c(CN)c1OC(F)(F)F. The van der Waals surface area contributed by atoms with Gasteiger partial charge in [-0.15, -0.1) is 13.2 Å². The number of esters is 1. The fourth-order valence-corrected chi connectivity index (χ4v) is 1.33. The number of ether oxygens (including phenoxy) is 2. The van der Waals surface area contributed by atoms with Gasteiger partial charge in [-0.3, -0.25) is 4.79 Å². The lowest BCUT2D eigenvalue weighted by Gasteiger charge is -2.14. The third-order valence-corrected chi connectivity index (χ3v) is 2.06. The highest BCUT2D eigenvalue weighted by Gasteiger charge is 2.35. The summed E-state index contributed by atoms with van der Waals surface area (Å²) in [5.41, 5.74) is 3.30. The van der Waals surface area contributed by atoms with E-state index in [4.69, 9.17) is 5.73 Å². The average molecular weight is 280 g/mol. The molecule has 0 aliphatic carbocycles. The number of rotatable bonds is 4. The summed E-state index contributed by atoms with van der Waals surface area (Å²) in [7, 11) is 0. The summed E-state index contributed by atoms with van der Waals surface area (Å²) in [5.74, 6) is -1.98. The quantitative estimate of drug-likeness (QED) is 0.799. The summed E-state index contributed by atoms with van der Waals surface area (Å²) in [6, 6.07) is 0. The van der Waals surface area contributed by atoms with E-state index in [0.717, 1.165) is 6.20 Å². The number of hydrogen-bond donors (Lipinski definition) is 2. The molecule has 0 spiro atoms. The van der Waals surface area contributed by atoms with Gasteiger partial charge in [0.2, 0.25) is 0 Å². The summed E-state index contributed by atoms with van der Waals surface area (Å²) in [5, 5.41) is 0. The Labute approximate surface area is 105 Å². The van der Waals surface area contributed by atoms with E-state index in [1.807, 2.05) is 0 Å². The van der Waals surface area contributed by atoms with E-state index >= 15 is 0 Å². The van der Waals surface area contributed by atoms with E-state index in [0.29, 0.717) is 0 Å². The van der Waals surface area contributed by atoms with Gasteiger partial charge in [0, 0.05) is 12.7 Å². The van der Waals surface area contributed by atoms with Gasteiger partial charge in [-0.25, -0.2) is 4.79 Å². The van der Waals surface area contributed by atoms with E-state index < -0.39 is 41.3 Å². The Kier molecular flexibility index (Phi) is 4.54. The van der Waals surface area contributed by atoms with Crippen molar-refractivity contribution in [2.75, 3.05) is 6.61 Å². The number of aromatic nitrogens is 1. The Morgan fingerprint density at radius 3 is 2.58 bits per heavy atom. The molecule has 1 aromatic heterocycles. The van der Waals surface area contributed by atoms with Gasteiger partial charge in [-0.1, -0.05) is 0 Å². The van der Waals surface area contributed by atoms with Gasteiger partial charge < -0.3 is 20.2 Å². The van der Waals surface area contributed by atoms with Gasteiger partial charge in [0.1, 0.15) is 5.56 Å². The molecule has 19 heavy (non-hydrogen) atoms. The van der Waals surface area contributed by atoms with Crippen LogP contribution in [-0.2, 0) is 11.3 Å². The van der Waals surface area contributed by atoms with Crippen molar-refractivity contribution < 1.29 is 27.4 Å². The molecule has 0 atom stereocenters. The predicted molar refractivity (Wildman–Crippen MR) is 57.6 cm³/mol. The summed E-state index contributed by atoms with van der Waals surface area (Å²) < 4.78 is 45.1. The molecular formula is C10H11F3N2O4. The highest BCUT2D eigenvalue weighted by atomic mass is 19.4. The molecule has 0 unspecified atom stereocenters. The number of pyridine rings is 1. The summed E-state index contributed by atoms with van der Waals surface area (Å²) >= 11 is 0. The van der Waals surface area contributed by atoms with Crippen LogP contribution in [0.3, 0.4) is 0 Å². The molecule has 6 nitrogen and oxygen atoms in total. The number of carbonyl (C=O) groups excluding carboxylic acids is 1. The molecule has 106 valence electrons. The van der Waals surface area contributed by atoms with Gasteiger partial charge in [-0.05, 0) is 6.92 Å². The number of nitrogens with one attached hydrogen (secondary N) is 1. The van der Waals surface area contributed by atoms with Gasteiger partial charge in [0.15, 0.2) is 5.75 Å². The molecular weight excluding hydrogens is 269 g/mol. The van der Waals surface area contributed by atoms with Crippen molar-refractivity contribution in [3.8, 4) is 5.75 Å². The third-order valence-electron chi connectivity index (χ3n) is 2.06. The normalized spacial score (nSPS) is 11.2. The number of carbonyl (C=O) groups is 1. The highest BCUT2D eigenvalue weighted by molar-refractivity contribution is 5.92. The molecule has 1 rings (SSSR count). The van der Waals surface area contributed by atoms with Crippen molar-refractivity contribution in [2.24, 2.45) is 5.73 Å². The van der Waals surface area contributed by atoms with E-state index in [9.17, 15) is 22.8 Å². The summed E-state index contributed by atoms with van der Waals surface area (Å²) in [6.07, 6.45) is -4.26. The smallest absolute Gasteiger partial charge is 0.462 e. The van der Waals surface area contributed by atoms with Gasteiger partial charge in [-0.2, -0.15) is 0 Å². The zero-order valence-corrected chi connectivity index (χ0v) is 9.84. The minimum Gasteiger partial charge on any atom is -0.462 e. The minimum atomic E-state index is -5.06. The van der Waals surface area contributed by atoms with Gasteiger partial charge >= 0.3 is 12.3 Å². The molecule has 0 saturated heterocycles. The lowest BCUT2D eigenvalue weighted by molar-refractivity contribution is -0.275. The molecule has 0 aromatic carbocycles. The molecule has 0 aliphatic rings. The molecule has 0 aliphatic heterocycles. The summed E-state index contributed by atoms with van der Waals surface area (Å²) in [6.45, 7) is 0.924. The number of halogens is 3. The van der Waals surface area contributed by atoms with Crippen LogP contribution in [0.5, 0.6) is 5.75 Å². The molecule has 1 heterocycles. The van der Waals surface area contributed by atoms with Crippen LogP contribution in [0.4, 0.5) is 13.2 Å². The topological polar surface area (TPSA) is 94.4 Å². The second-order valence-electron chi connectivity index (χ2n) is 3.31. The molecule has 0 bridgehead atoms. The van der Waals surface area contributed by atoms with Crippen LogP contribution in [-0.4, -0.2) is 23.9 Å². The largest absolute Gasteiger partial charge is 0.573 e. The highest BCUT2D eigenvalue weighted by Crippen LogP contribution is 2.28. The average Bonchev–Trinajstić information content (AvgIpc) is 2.27. The van der Waals surface area contributed by atoms with Crippen LogP contribution in [0.15, 0.2) is 11.0 Å². The maximum atomic E-state index is 12.3. The number of nitrogens with two attached hydrogens (primary N) is 1. The van der Waals surface area contributed by atoms with E-state index in [2.05, 4.69) is 14.5 Å². The van der Waals surface area contributed by atoms with Crippen molar-refractivity contribution in [1.82, 2.24) is 4.98 Å². The Morgan fingerprint density at radius 1 is 1.47 bits per heavy atom. The fraction of sp³-hybridized carbons (Fsp3) is 0.400. The van der Waals surface area contributed by atoms with Crippen molar-refractivity contribution in [2.45, 2.75) is 19.8 Å². The lowest BCUT2D eigenvalue weighted by atomic mass is 10.1. The zero-order chi connectivity index (χ0) is 14.6. The first-order valence-electron chi connectivity index (χ1n) is 5.17. The van der Waals surface area contributed by atoms with Crippen molar-refractivity contribution >= 4 is 5.97 Å². The Hall–Kier alpha value is -2.03. The fourth-order valence-electron chi connectivity index (χ4n) is 1.33. The molecule has 0 radical (unpaired) electrons. The summed E-state index contributed by atoms with van der Waals surface area (Å²) in [4.78, 5) is 25.0. The Balaban J connectivity index is 3.38. The second kappa shape index (κ2) is 5.74. The standard InChI is InChI=1S/C10H11F3N2O4/c1-2-18-9(17)6-4-15-8(16)5(3-14)7(6)19-10(11,12)13/h4H,2-3,14H2,1H3,(H,15,16). The van der Waals surface area contributed by atoms with Gasteiger partial charge in [0.05, 0.1) is 12.2 Å². The number of aromatic amines is 1. The molecule has 9 heteroatoms. The van der Waals surface area contributed by atoms with Crippen LogP contribution in [0.25, 0.3) is 0 Å². The van der Waals surface area contributed by atoms with Crippen LogP contribution < -0.4 is 16.0 Å². The van der Waals surface area contributed by atoms with Crippen LogP contribution in [0.2, 0.25) is 0 Å². The van der Waals surface area contributed by atoms with E-state index in [1.54, 1.807) is 0 Å². The maximum absolute atomic E-state index is 12.3. The molecule has 0 fully saturated rings. The predicted octanol–water partition coefficient (Wildman–Crippen LogP) is 0.909. The van der Waals surface area contributed by atoms with Crippen LogP contribution >= 0.6 is 0 Å². The molecule has 3 N–H and O–H groups in total. The van der Waals surface area contributed by atoms with Crippen molar-refractivity contribution in [3.63, 3.8) is 0 Å². The minimum absolute atomic E-state index is 0.0403. The molecule has 0 saturated carbocycles. The molecule has 0 amide bonds. The van der Waals surface area contributed by atoms with E-state index in [1.165, 1.54) is 6.92 Å². The number of H-pyrrole nitrogens is 1. The number of alkyl halides is 3. The third kappa shape index (κ3) is 3.71. The van der Waals surface area contributed by atoms with Crippen molar-refractivity contribution in [3.05, 3.63) is 27.7 Å². The lowest BCUT2D eigenvalue weighted by Crippen LogP contribution is -2.26. The Bertz CT molecular complexity index is 524. The second-order valence-corrected chi connectivity index (χ2v) is 3.31. The van der Waals surface area contributed by atoms with Gasteiger partial charge in [0.25, 0.3) is 5.56 Å².